The van der Waals surface area contributed by atoms with Gasteiger partial charge in [-0.3, -0.25) is 9.59 Å². The lowest BCUT2D eigenvalue weighted by atomic mass is 10.00. The van der Waals surface area contributed by atoms with Crippen LogP contribution in [0.4, 0.5) is 24.1 Å². The maximum Gasteiger partial charge on any atom is 0.417 e. The molecule has 0 saturated carbocycles. The lowest BCUT2D eigenvalue weighted by molar-refractivity contribution is -0.253. The molecule has 2 heterocycles. The van der Waals surface area contributed by atoms with Crippen molar-refractivity contribution in [2.45, 2.75) is 82.8 Å². The molecule has 0 fully saturated rings. The summed E-state index contributed by atoms with van der Waals surface area (Å²) in [4.78, 5) is 24.5. The first-order chi connectivity index (χ1) is 22.8. The average molecular weight is 686 g/mol. The number of rotatable bonds is 16. The highest BCUT2D eigenvalue weighted by molar-refractivity contribution is 7.15. The highest BCUT2D eigenvalue weighted by atomic mass is 32.1. The molecule has 15 heteroatoms. The molecule has 0 spiro atoms. The molecule has 0 aliphatic rings. The third kappa shape index (κ3) is 11.1. The van der Waals surface area contributed by atoms with Crippen molar-refractivity contribution in [3.05, 3.63) is 94.1 Å². The molecule has 0 aliphatic carbocycles. The second kappa shape index (κ2) is 16.6. The van der Waals surface area contributed by atoms with Gasteiger partial charge in [-0.15, -0.1) is 15.3 Å². The fourth-order valence-corrected chi connectivity index (χ4v) is 5.46. The van der Waals surface area contributed by atoms with E-state index in [0.717, 1.165) is 35.5 Å². The molecule has 5 N–H and O–H groups in total. The summed E-state index contributed by atoms with van der Waals surface area (Å²) < 4.78 is 38.4. The molecule has 0 saturated heterocycles. The van der Waals surface area contributed by atoms with Gasteiger partial charge in [0.1, 0.15) is 11.2 Å². The molecule has 3 atom stereocenters. The molecule has 2 aromatic heterocycles. The van der Waals surface area contributed by atoms with E-state index in [1.54, 1.807) is 36.4 Å². The number of aliphatic hydroxyl groups is 2. The van der Waals surface area contributed by atoms with E-state index in [9.17, 15) is 33.0 Å². The summed E-state index contributed by atoms with van der Waals surface area (Å²) in [6.07, 6.45) is -3.72. The van der Waals surface area contributed by atoms with Crippen LogP contribution in [0.2, 0.25) is 0 Å². The zero-order valence-electron chi connectivity index (χ0n) is 26.5. The molecule has 0 bridgehead atoms. The first-order valence-electron chi connectivity index (χ1n) is 15.4. The molecule has 2 aromatic carbocycles. The van der Waals surface area contributed by atoms with Crippen molar-refractivity contribution in [2.24, 2.45) is 0 Å². The first-order valence-corrected chi connectivity index (χ1v) is 16.2. The summed E-state index contributed by atoms with van der Waals surface area (Å²) in [7, 11) is 0. The van der Waals surface area contributed by atoms with Gasteiger partial charge < -0.3 is 26.2 Å². The molecule has 2 amide bonds. The van der Waals surface area contributed by atoms with E-state index in [0.29, 0.717) is 35.4 Å². The number of nitrogens with zero attached hydrogens (tertiary/aromatic N) is 4. The number of hydrogen-bond donors (Lipinski definition) is 5. The van der Waals surface area contributed by atoms with Crippen LogP contribution in [0.1, 0.15) is 66.4 Å². The van der Waals surface area contributed by atoms with Gasteiger partial charge in [-0.1, -0.05) is 72.9 Å². The van der Waals surface area contributed by atoms with Crippen LogP contribution >= 0.6 is 11.3 Å². The molecule has 0 aliphatic heterocycles. The number of amides is 2. The largest absolute Gasteiger partial charge is 0.417 e. The number of aliphatic hydroxyl groups excluding tert-OH is 1. The zero-order chi connectivity index (χ0) is 34.7. The SMILES string of the molecule is CC(c1ccccc1)C(O)Nc1nnc(CCCCc2ccc(NC(=O)Cc3cccc(CNC(=O)CC(C)(O)C(F)(F)F)c3)nn2)s1. The summed E-state index contributed by atoms with van der Waals surface area (Å²) in [5.41, 5.74) is -0.119. The fourth-order valence-electron chi connectivity index (χ4n) is 4.64. The number of aromatic nitrogens is 4. The molecule has 48 heavy (non-hydrogen) atoms. The van der Waals surface area contributed by atoms with Crippen LogP contribution in [-0.4, -0.2) is 60.4 Å². The van der Waals surface area contributed by atoms with Gasteiger partial charge in [0.15, 0.2) is 11.4 Å². The van der Waals surface area contributed by atoms with Gasteiger partial charge >= 0.3 is 6.18 Å². The van der Waals surface area contributed by atoms with Crippen LogP contribution in [0, 0.1) is 0 Å². The quantitative estimate of drug-likeness (QED) is 0.0814. The Hall–Kier alpha value is -4.47. The summed E-state index contributed by atoms with van der Waals surface area (Å²) in [6.45, 7) is 2.43. The normalized spacial score (nSPS) is 14.1. The lowest BCUT2D eigenvalue weighted by Gasteiger charge is -2.25. The zero-order valence-corrected chi connectivity index (χ0v) is 27.3. The van der Waals surface area contributed by atoms with Gasteiger partial charge in [-0.2, -0.15) is 18.3 Å². The Labute approximate surface area is 280 Å². The van der Waals surface area contributed by atoms with Crippen LogP contribution in [0.5, 0.6) is 0 Å². The summed E-state index contributed by atoms with van der Waals surface area (Å²) >= 11 is 1.41. The fraction of sp³-hybridized carbons (Fsp3) is 0.394. The Kier molecular flexibility index (Phi) is 12.6. The molecule has 256 valence electrons. The molecule has 4 aromatic rings. The Morgan fingerprint density at radius 2 is 1.62 bits per heavy atom. The van der Waals surface area contributed by atoms with Crippen LogP contribution in [-0.2, 0) is 35.4 Å². The van der Waals surface area contributed by atoms with Gasteiger partial charge in [0, 0.05) is 18.9 Å². The second-order valence-corrected chi connectivity index (χ2v) is 12.7. The Balaban J connectivity index is 1.15. The molecule has 4 rings (SSSR count). The minimum Gasteiger partial charge on any atom is -0.380 e. The number of nitrogens with one attached hydrogen (secondary N) is 3. The molecular weight excluding hydrogens is 647 g/mol. The van der Waals surface area contributed by atoms with Crippen molar-refractivity contribution in [1.82, 2.24) is 25.7 Å². The monoisotopic (exact) mass is 685 g/mol. The lowest BCUT2D eigenvalue weighted by Crippen LogP contribution is -2.46. The second-order valence-electron chi connectivity index (χ2n) is 11.7. The minimum atomic E-state index is -4.93. The van der Waals surface area contributed by atoms with Crippen molar-refractivity contribution in [3.63, 3.8) is 0 Å². The standard InChI is InChI=1S/C33H38F3N7O4S/c1-21(24-11-4-3-5-12-24)30(46)39-31-43-42-29(48-31)14-7-6-13-25-15-16-26(41-40-25)38-27(44)18-22-9-8-10-23(17-22)20-37-28(45)19-32(2,47)33(34,35)36/h3-5,8-12,15-17,21,30,46-47H,6-7,13-14,18-20H2,1-2H3,(H,37,45)(H,39,43)(H,38,41,44). The molecular formula is C33H38F3N7O4S. The summed E-state index contributed by atoms with van der Waals surface area (Å²) in [6, 6.07) is 19.9. The average Bonchev–Trinajstić information content (AvgIpc) is 3.49. The van der Waals surface area contributed by atoms with Crippen molar-refractivity contribution < 1.29 is 33.0 Å². The number of alkyl halides is 3. The predicted octanol–water partition coefficient (Wildman–Crippen LogP) is 4.93. The van der Waals surface area contributed by atoms with Crippen LogP contribution in [0.25, 0.3) is 0 Å². The van der Waals surface area contributed by atoms with Crippen molar-refractivity contribution in [1.29, 1.82) is 0 Å². The predicted molar refractivity (Wildman–Crippen MR) is 175 cm³/mol. The van der Waals surface area contributed by atoms with Gasteiger partial charge in [0.25, 0.3) is 0 Å². The number of aryl methyl sites for hydroxylation is 2. The number of carbonyl (C=O) groups excluding carboxylic acids is 2. The maximum absolute atomic E-state index is 12.8. The topological polar surface area (TPSA) is 162 Å². The van der Waals surface area contributed by atoms with Gasteiger partial charge in [-0.05, 0) is 55.0 Å². The van der Waals surface area contributed by atoms with Crippen LogP contribution < -0.4 is 16.0 Å². The third-order valence-electron chi connectivity index (χ3n) is 7.56. The van der Waals surface area contributed by atoms with E-state index in [2.05, 4.69) is 36.3 Å². The van der Waals surface area contributed by atoms with E-state index >= 15 is 0 Å². The molecule has 0 radical (unpaired) electrons. The molecule has 11 nitrogen and oxygen atoms in total. The van der Waals surface area contributed by atoms with Crippen LogP contribution in [0.15, 0.2) is 66.7 Å². The van der Waals surface area contributed by atoms with Gasteiger partial charge in [-0.25, -0.2) is 0 Å². The maximum atomic E-state index is 12.8. The number of halogens is 3. The molecule has 3 unspecified atom stereocenters. The van der Waals surface area contributed by atoms with Crippen LogP contribution in [0.3, 0.4) is 0 Å². The number of benzene rings is 2. The van der Waals surface area contributed by atoms with Crippen molar-refractivity contribution in [3.8, 4) is 0 Å². The number of carbonyl (C=O) groups is 2. The van der Waals surface area contributed by atoms with E-state index in [1.807, 2.05) is 37.3 Å². The Morgan fingerprint density at radius 3 is 2.33 bits per heavy atom. The highest BCUT2D eigenvalue weighted by Crippen LogP contribution is 2.32. The Bertz CT molecular complexity index is 1640. The Morgan fingerprint density at radius 1 is 0.896 bits per heavy atom. The van der Waals surface area contributed by atoms with E-state index in [4.69, 9.17) is 0 Å². The van der Waals surface area contributed by atoms with Crippen molar-refractivity contribution in [2.75, 3.05) is 10.6 Å². The van der Waals surface area contributed by atoms with E-state index in [1.165, 1.54) is 11.3 Å². The van der Waals surface area contributed by atoms with Crippen molar-refractivity contribution >= 4 is 34.1 Å². The first kappa shape index (κ1) is 36.4. The number of anilines is 2. The summed E-state index contributed by atoms with van der Waals surface area (Å²) in [5.74, 6) is -1.11. The van der Waals surface area contributed by atoms with E-state index in [-0.39, 0.29) is 24.8 Å². The van der Waals surface area contributed by atoms with Gasteiger partial charge in [0.2, 0.25) is 16.9 Å². The number of unbranched alkanes of at least 4 members (excludes halogenated alkanes) is 1. The highest BCUT2D eigenvalue weighted by Gasteiger charge is 2.50. The third-order valence-corrected chi connectivity index (χ3v) is 8.47. The van der Waals surface area contributed by atoms with Gasteiger partial charge in [0.05, 0.1) is 18.5 Å². The number of hydrogen-bond acceptors (Lipinski definition) is 10. The minimum absolute atomic E-state index is 0.00185. The smallest absolute Gasteiger partial charge is 0.380 e. The van der Waals surface area contributed by atoms with E-state index < -0.39 is 30.3 Å². The summed E-state index contributed by atoms with van der Waals surface area (Å²) in [5, 5.41) is 46.2.